The van der Waals surface area contributed by atoms with Crippen molar-refractivity contribution in [3.05, 3.63) is 30.1 Å². The minimum atomic E-state index is -0.795. The summed E-state index contributed by atoms with van der Waals surface area (Å²) in [4.78, 5) is 15.2. The van der Waals surface area contributed by atoms with E-state index in [-0.39, 0.29) is 6.42 Å². The molecule has 1 N–H and O–H groups in total. The van der Waals surface area contributed by atoms with Gasteiger partial charge in [0.25, 0.3) is 0 Å². The van der Waals surface area contributed by atoms with Crippen LogP contribution in [0.15, 0.2) is 24.4 Å². The molecule has 1 fully saturated rings. The molecule has 0 aromatic carbocycles. The lowest BCUT2D eigenvalue weighted by Crippen LogP contribution is -2.39. The molecule has 0 radical (unpaired) electrons. The highest BCUT2D eigenvalue weighted by atomic mass is 16.5. The van der Waals surface area contributed by atoms with Crippen molar-refractivity contribution in [3.8, 4) is 0 Å². The van der Waals surface area contributed by atoms with E-state index in [1.165, 1.54) is 0 Å². The minimum absolute atomic E-state index is 0.0873. The first kappa shape index (κ1) is 11.1. The van der Waals surface area contributed by atoms with Crippen LogP contribution in [0.2, 0.25) is 0 Å². The van der Waals surface area contributed by atoms with E-state index in [1.807, 2.05) is 18.2 Å². The van der Waals surface area contributed by atoms with Crippen LogP contribution in [0.5, 0.6) is 0 Å². The lowest BCUT2D eigenvalue weighted by Gasteiger charge is -2.35. The van der Waals surface area contributed by atoms with Gasteiger partial charge in [0.1, 0.15) is 0 Å². The quantitative estimate of drug-likeness (QED) is 0.842. The summed E-state index contributed by atoms with van der Waals surface area (Å²) < 4.78 is 5.44. The maximum atomic E-state index is 11.0. The summed E-state index contributed by atoms with van der Waals surface area (Å²) in [5, 5.41) is 9.01. The maximum absolute atomic E-state index is 11.0. The van der Waals surface area contributed by atoms with E-state index in [2.05, 4.69) is 4.98 Å². The van der Waals surface area contributed by atoms with Crippen LogP contribution in [0, 0.1) is 0 Å². The van der Waals surface area contributed by atoms with Gasteiger partial charge in [0.2, 0.25) is 0 Å². The molecule has 2 heterocycles. The molecule has 0 saturated carbocycles. The third-order valence-corrected chi connectivity index (χ3v) is 3.02. The van der Waals surface area contributed by atoms with Gasteiger partial charge < -0.3 is 9.84 Å². The molecule has 0 aliphatic carbocycles. The first-order chi connectivity index (χ1) is 7.73. The standard InChI is InChI=1S/C12H15NO3/c14-11(15)8-12(5-3-7-16-9-12)10-4-1-2-6-13-10/h1-2,4,6H,3,5,7-9H2,(H,14,15). The lowest BCUT2D eigenvalue weighted by atomic mass is 9.76. The molecule has 16 heavy (non-hydrogen) atoms. The van der Waals surface area contributed by atoms with Crippen molar-refractivity contribution in [1.29, 1.82) is 0 Å². The zero-order chi connectivity index (χ0) is 11.4. The average Bonchev–Trinajstić information content (AvgIpc) is 2.30. The molecule has 1 aromatic heterocycles. The largest absolute Gasteiger partial charge is 0.481 e. The van der Waals surface area contributed by atoms with Crippen LogP contribution in [-0.2, 0) is 14.9 Å². The minimum Gasteiger partial charge on any atom is -0.481 e. The molecule has 1 aliphatic heterocycles. The van der Waals surface area contributed by atoms with E-state index >= 15 is 0 Å². The fraction of sp³-hybridized carbons (Fsp3) is 0.500. The molecule has 1 atom stereocenters. The SMILES string of the molecule is O=C(O)CC1(c2ccccn2)CCCOC1. The molecule has 1 aliphatic rings. The van der Waals surface area contributed by atoms with Crippen molar-refractivity contribution in [2.75, 3.05) is 13.2 Å². The van der Waals surface area contributed by atoms with Gasteiger partial charge >= 0.3 is 5.97 Å². The van der Waals surface area contributed by atoms with Crippen molar-refractivity contribution < 1.29 is 14.6 Å². The van der Waals surface area contributed by atoms with Gasteiger partial charge in [-0.1, -0.05) is 6.07 Å². The number of hydrogen-bond acceptors (Lipinski definition) is 3. The number of ether oxygens (including phenoxy) is 1. The van der Waals surface area contributed by atoms with Crippen molar-refractivity contribution in [1.82, 2.24) is 4.98 Å². The summed E-state index contributed by atoms with van der Waals surface area (Å²) in [6.07, 6.45) is 3.51. The molecular formula is C12H15NO3. The highest BCUT2D eigenvalue weighted by molar-refractivity contribution is 5.69. The molecule has 1 unspecified atom stereocenters. The van der Waals surface area contributed by atoms with E-state index in [9.17, 15) is 4.79 Å². The number of nitrogens with zero attached hydrogens (tertiary/aromatic N) is 1. The molecular weight excluding hydrogens is 206 g/mol. The highest BCUT2D eigenvalue weighted by Gasteiger charge is 2.38. The normalized spacial score (nSPS) is 25.2. The summed E-state index contributed by atoms with van der Waals surface area (Å²) in [5.74, 6) is -0.795. The van der Waals surface area contributed by atoms with E-state index in [1.54, 1.807) is 6.20 Å². The summed E-state index contributed by atoms with van der Waals surface area (Å²) >= 11 is 0. The van der Waals surface area contributed by atoms with Crippen LogP contribution in [-0.4, -0.2) is 29.3 Å². The first-order valence-electron chi connectivity index (χ1n) is 5.44. The van der Waals surface area contributed by atoms with Crippen LogP contribution in [0.3, 0.4) is 0 Å². The Hall–Kier alpha value is -1.42. The number of carboxylic acid groups (broad SMARTS) is 1. The predicted octanol–water partition coefficient (Wildman–Crippen LogP) is 1.60. The number of carboxylic acids is 1. The van der Waals surface area contributed by atoms with Crippen LogP contribution < -0.4 is 0 Å². The Balaban J connectivity index is 2.29. The van der Waals surface area contributed by atoms with Crippen molar-refractivity contribution in [3.63, 3.8) is 0 Å². The van der Waals surface area contributed by atoms with Gasteiger partial charge in [-0.2, -0.15) is 0 Å². The van der Waals surface area contributed by atoms with Gasteiger partial charge in [-0.15, -0.1) is 0 Å². The molecule has 1 saturated heterocycles. The molecule has 4 nitrogen and oxygen atoms in total. The maximum Gasteiger partial charge on any atom is 0.304 e. The number of hydrogen-bond donors (Lipinski definition) is 1. The Labute approximate surface area is 94.3 Å². The third kappa shape index (κ3) is 2.22. The summed E-state index contributed by atoms with van der Waals surface area (Å²) in [6, 6.07) is 5.61. The zero-order valence-electron chi connectivity index (χ0n) is 9.06. The van der Waals surface area contributed by atoms with E-state index in [4.69, 9.17) is 9.84 Å². The van der Waals surface area contributed by atoms with E-state index < -0.39 is 11.4 Å². The molecule has 0 bridgehead atoms. The van der Waals surface area contributed by atoms with Crippen LogP contribution in [0.4, 0.5) is 0 Å². The van der Waals surface area contributed by atoms with Crippen molar-refractivity contribution in [2.24, 2.45) is 0 Å². The molecule has 2 rings (SSSR count). The summed E-state index contributed by atoms with van der Waals surface area (Å²) in [6.45, 7) is 1.17. The second-order valence-electron chi connectivity index (χ2n) is 4.22. The third-order valence-electron chi connectivity index (χ3n) is 3.02. The topological polar surface area (TPSA) is 59.4 Å². The monoisotopic (exact) mass is 221 g/mol. The Morgan fingerprint density at radius 3 is 3.00 bits per heavy atom. The Bertz CT molecular complexity index is 358. The zero-order valence-corrected chi connectivity index (χ0v) is 9.06. The first-order valence-corrected chi connectivity index (χ1v) is 5.44. The van der Waals surface area contributed by atoms with Gasteiger partial charge in [0.05, 0.1) is 13.0 Å². The number of carbonyl (C=O) groups is 1. The van der Waals surface area contributed by atoms with Crippen molar-refractivity contribution in [2.45, 2.75) is 24.7 Å². The molecule has 1 aromatic rings. The number of aliphatic carboxylic acids is 1. The second-order valence-corrected chi connectivity index (χ2v) is 4.22. The lowest BCUT2D eigenvalue weighted by molar-refractivity contribution is -0.140. The fourth-order valence-corrected chi connectivity index (χ4v) is 2.25. The average molecular weight is 221 g/mol. The van der Waals surface area contributed by atoms with Gasteiger partial charge in [0.15, 0.2) is 0 Å². The van der Waals surface area contributed by atoms with Crippen LogP contribution in [0.25, 0.3) is 0 Å². The number of aromatic nitrogens is 1. The van der Waals surface area contributed by atoms with Crippen molar-refractivity contribution >= 4 is 5.97 Å². The van der Waals surface area contributed by atoms with Gasteiger partial charge in [0, 0.05) is 23.9 Å². The van der Waals surface area contributed by atoms with Gasteiger partial charge in [-0.25, -0.2) is 0 Å². The summed E-state index contributed by atoms with van der Waals surface area (Å²) in [5.41, 5.74) is 0.392. The molecule has 0 spiro atoms. The smallest absolute Gasteiger partial charge is 0.304 e. The Morgan fingerprint density at radius 2 is 2.44 bits per heavy atom. The summed E-state index contributed by atoms with van der Waals surface area (Å²) in [7, 11) is 0. The number of pyridine rings is 1. The van der Waals surface area contributed by atoms with E-state index in [0.29, 0.717) is 13.2 Å². The Morgan fingerprint density at radius 1 is 1.56 bits per heavy atom. The van der Waals surface area contributed by atoms with Crippen LogP contribution in [0.1, 0.15) is 25.0 Å². The fourth-order valence-electron chi connectivity index (χ4n) is 2.25. The Kier molecular flexibility index (Phi) is 3.19. The predicted molar refractivity (Wildman–Crippen MR) is 58.2 cm³/mol. The molecule has 86 valence electrons. The molecule has 0 amide bonds. The van der Waals surface area contributed by atoms with E-state index in [0.717, 1.165) is 18.5 Å². The molecule has 4 heteroatoms. The highest BCUT2D eigenvalue weighted by Crippen LogP contribution is 2.34. The van der Waals surface area contributed by atoms with Gasteiger partial charge in [-0.3, -0.25) is 9.78 Å². The second kappa shape index (κ2) is 4.61. The van der Waals surface area contributed by atoms with Crippen LogP contribution >= 0.6 is 0 Å². The van der Waals surface area contributed by atoms with Gasteiger partial charge in [-0.05, 0) is 25.0 Å². The number of rotatable bonds is 3.